The molecule has 19 aromatic carbocycles. The summed E-state index contributed by atoms with van der Waals surface area (Å²) in [5.74, 6) is -2.33. The number of hydrogen-bond acceptors (Lipinski definition) is 4. The number of benzene rings is 19. The molecule has 2 aliphatic rings. The highest BCUT2D eigenvalue weighted by molar-refractivity contribution is 6.41. The Bertz CT molecular complexity index is 8410. The summed E-state index contributed by atoms with van der Waals surface area (Å²) < 4.78 is 18.3. The van der Waals surface area contributed by atoms with E-state index < -0.39 is 23.6 Å². The Morgan fingerprint density at radius 3 is 0.326 bits per heavy atom. The van der Waals surface area contributed by atoms with Gasteiger partial charge in [-0.1, -0.05) is 291 Å². The van der Waals surface area contributed by atoms with Crippen LogP contribution in [0.4, 0.5) is 11.4 Å². The summed E-state index contributed by atoms with van der Waals surface area (Å²) in [6.07, 6.45) is 0. The first-order valence-electron chi connectivity index (χ1n) is 44.6. The van der Waals surface area contributed by atoms with E-state index in [9.17, 15) is 0 Å². The van der Waals surface area contributed by atoms with Crippen molar-refractivity contribution in [3.8, 4) is 45.5 Å². The Kier molecular flexibility index (Phi) is 14.6. The van der Waals surface area contributed by atoms with Gasteiger partial charge >= 0.3 is 0 Å². The molecule has 614 valence electrons. The number of imide groups is 2. The lowest BCUT2D eigenvalue weighted by molar-refractivity contribution is 0.0909. The molecular formula is C118H68N10O4. The zero-order valence-corrected chi connectivity index (χ0v) is 70.4. The predicted molar refractivity (Wildman–Crippen MR) is 536 cm³/mol. The number of carbonyl (C=O) groups is 4. The van der Waals surface area contributed by atoms with Crippen molar-refractivity contribution >= 4 is 209 Å². The van der Waals surface area contributed by atoms with E-state index in [1.165, 1.54) is 9.80 Å². The number of hydrogen-bond donors (Lipinski definition) is 0. The topological polar surface area (TPSA) is 114 Å². The molecular weight excluding hydrogens is 1620 g/mol. The van der Waals surface area contributed by atoms with Gasteiger partial charge in [0.1, 0.15) is 0 Å². The first-order chi connectivity index (χ1) is 65.3. The second-order valence-electron chi connectivity index (χ2n) is 34.7. The molecule has 0 saturated heterocycles. The minimum absolute atomic E-state index is 0.169. The molecule has 132 heavy (non-hydrogen) atoms. The van der Waals surface area contributed by atoms with Crippen molar-refractivity contribution < 1.29 is 19.2 Å². The first kappa shape index (κ1) is 72.1. The number of rotatable bonds is 10. The molecule has 0 N–H and O–H groups in total. The fourth-order valence-electron chi connectivity index (χ4n) is 23.1. The third kappa shape index (κ3) is 9.33. The highest BCUT2D eigenvalue weighted by Crippen LogP contribution is 2.56. The molecule has 0 unspecified atom stereocenters. The van der Waals surface area contributed by atoms with Crippen LogP contribution in [0.2, 0.25) is 0 Å². The summed E-state index contributed by atoms with van der Waals surface area (Å²) in [6, 6.07) is 142. The number of fused-ring (bicyclic) bond motifs is 26. The van der Waals surface area contributed by atoms with Crippen molar-refractivity contribution in [1.29, 1.82) is 0 Å². The van der Waals surface area contributed by atoms with Gasteiger partial charge in [0.05, 0.1) is 167 Å². The minimum atomic E-state index is -0.583. The van der Waals surface area contributed by atoms with Gasteiger partial charge in [-0.25, -0.2) is 9.80 Å². The molecule has 0 radical (unpaired) electrons. The van der Waals surface area contributed by atoms with Crippen molar-refractivity contribution in [3.05, 3.63) is 435 Å². The maximum absolute atomic E-state index is 18.1. The Hall–Kier alpha value is -18.1. The number of nitrogens with zero attached hydrogens (tertiary/aromatic N) is 10. The second kappa shape index (κ2) is 26.7. The van der Waals surface area contributed by atoms with E-state index in [1.807, 2.05) is 48.5 Å². The summed E-state index contributed by atoms with van der Waals surface area (Å²) in [5.41, 5.74) is 19.2. The molecule has 10 heterocycles. The zero-order valence-electron chi connectivity index (χ0n) is 70.4. The van der Waals surface area contributed by atoms with Crippen LogP contribution in [-0.2, 0) is 0 Å². The summed E-state index contributed by atoms with van der Waals surface area (Å²) in [6.45, 7) is 0. The van der Waals surface area contributed by atoms with Gasteiger partial charge in [0.15, 0.2) is 0 Å². The van der Waals surface area contributed by atoms with Gasteiger partial charge in [0.2, 0.25) is 0 Å². The molecule has 14 nitrogen and oxygen atoms in total. The molecule has 27 aromatic rings. The smallest absolute Gasteiger partial charge is 0.268 e. The van der Waals surface area contributed by atoms with Crippen LogP contribution in [0.15, 0.2) is 413 Å². The zero-order chi connectivity index (χ0) is 86.7. The average Bonchev–Trinajstić information content (AvgIpc) is 1.47. The average molecular weight is 1690 g/mol. The second-order valence-corrected chi connectivity index (χ2v) is 34.7. The summed E-state index contributed by atoms with van der Waals surface area (Å²) in [5, 5.41) is 15.6. The monoisotopic (exact) mass is 1690 g/mol. The fraction of sp³-hybridized carbons (Fsp3) is 0. The molecule has 0 aliphatic carbocycles. The maximum Gasteiger partial charge on any atom is 0.268 e. The van der Waals surface area contributed by atoms with Crippen LogP contribution in [0.25, 0.3) is 220 Å². The molecule has 8 aromatic heterocycles. The van der Waals surface area contributed by atoms with Crippen LogP contribution in [0, 0.1) is 0 Å². The quantitative estimate of drug-likeness (QED) is 0.127. The molecule has 14 heteroatoms. The third-order valence-corrected chi connectivity index (χ3v) is 28.3. The van der Waals surface area contributed by atoms with Crippen molar-refractivity contribution in [3.63, 3.8) is 0 Å². The number of anilines is 2. The van der Waals surface area contributed by atoms with Crippen LogP contribution in [0.3, 0.4) is 0 Å². The van der Waals surface area contributed by atoms with E-state index in [0.29, 0.717) is 45.5 Å². The highest BCUT2D eigenvalue weighted by Gasteiger charge is 2.50. The van der Waals surface area contributed by atoms with E-state index in [4.69, 9.17) is 0 Å². The van der Waals surface area contributed by atoms with Gasteiger partial charge < -0.3 is 36.5 Å². The van der Waals surface area contributed by atoms with Gasteiger partial charge in [0.25, 0.3) is 23.6 Å². The molecule has 4 amide bonds. The first-order valence-corrected chi connectivity index (χ1v) is 44.6. The van der Waals surface area contributed by atoms with Gasteiger partial charge in [0, 0.05) is 86.2 Å². The normalized spacial score (nSPS) is 13.2. The number of amides is 4. The van der Waals surface area contributed by atoms with Crippen LogP contribution in [-0.4, -0.2) is 60.2 Å². The van der Waals surface area contributed by atoms with E-state index in [2.05, 4.69) is 376 Å². The largest absolute Gasteiger partial charge is 0.306 e. The summed E-state index contributed by atoms with van der Waals surface area (Å²) >= 11 is 0. The fourth-order valence-corrected chi connectivity index (χ4v) is 23.1. The van der Waals surface area contributed by atoms with Gasteiger partial charge in [-0.3, -0.25) is 19.2 Å². The Morgan fingerprint density at radius 1 is 0.114 bits per heavy atom. The minimum Gasteiger partial charge on any atom is -0.306 e. The SMILES string of the molecule is O=C1c2c(c(-n3c4ccccc4c4ccccc43)c(-n3c4ccccc4c4ccccc43)c(-n3c4ccccc4c4ccccc43)c2-n2c3ccccc3c3ccccc32)C(=O)N1c1ccc(N2C(=O)c3c(c(-n4c5ccccc5c5ccccc54)c(-n4c5ccccc5c5ccccc54)c(-n4c5ccccc5c5ccccc54)c3-n3c4ccccc4c4ccccc43)C2=O)cc1. The molecule has 2 aliphatic heterocycles. The van der Waals surface area contributed by atoms with Crippen LogP contribution < -0.4 is 9.80 Å². The van der Waals surface area contributed by atoms with Crippen LogP contribution >= 0.6 is 0 Å². The van der Waals surface area contributed by atoms with E-state index in [-0.39, 0.29) is 33.6 Å². The van der Waals surface area contributed by atoms with Crippen molar-refractivity contribution in [2.24, 2.45) is 0 Å². The van der Waals surface area contributed by atoms with Crippen LogP contribution in [0.5, 0.6) is 0 Å². The maximum atomic E-state index is 18.1. The standard InChI is InChI=1S/C118H68N10O4/c129-115-103-104(108(122-89-51-19-3-35-73(89)74-36-4-20-52-90(74)122)112(126-97-59-27-11-43-81(97)82-44-12-28-60-98(82)126)111(125-95-57-25-9-41-79(95)80-42-10-26-58-96(80)125)107(103)121-87-49-17-1-33-71(87)72-34-2-18-50-88(72)121)116(130)119(115)69-65-67-70(68-66-69)120-117(131)105-106(118(120)132)110(124-93-55-23-7-39-77(93)78-40-8-24-56-94(78)124)114(128-101-63-31-15-47-85(101)86-48-16-32-64-102(86)128)113(127-99-61-29-13-45-83(99)84-46-14-30-62-100(84)127)109(105)123-91-53-21-5-37-75(91)76-38-6-22-54-92(76)123/h1-68H. The van der Waals surface area contributed by atoms with Gasteiger partial charge in [-0.15, -0.1) is 0 Å². The summed E-state index contributed by atoms with van der Waals surface area (Å²) in [7, 11) is 0. The third-order valence-electron chi connectivity index (χ3n) is 28.3. The van der Waals surface area contributed by atoms with Gasteiger partial charge in [-0.05, 0) is 121 Å². The van der Waals surface area contributed by atoms with Crippen LogP contribution in [0.1, 0.15) is 41.4 Å². The molecule has 0 spiro atoms. The molecule has 0 bridgehead atoms. The number of carbonyl (C=O) groups excluding carboxylic acids is 4. The van der Waals surface area contributed by atoms with E-state index in [0.717, 1.165) is 174 Å². The van der Waals surface area contributed by atoms with E-state index >= 15 is 19.2 Å². The van der Waals surface area contributed by atoms with E-state index in [1.54, 1.807) is 24.3 Å². The predicted octanol–water partition coefficient (Wildman–Crippen LogP) is 28.1. The lowest BCUT2D eigenvalue weighted by Crippen LogP contribution is -2.31. The molecule has 0 atom stereocenters. The Labute approximate surface area is 750 Å². The van der Waals surface area contributed by atoms with Crippen molar-refractivity contribution in [2.45, 2.75) is 0 Å². The lowest BCUT2D eigenvalue weighted by atomic mass is 9.98. The molecule has 0 saturated carbocycles. The molecule has 0 fully saturated rings. The molecule has 29 rings (SSSR count). The highest BCUT2D eigenvalue weighted by atomic mass is 16.2. The van der Waals surface area contributed by atoms with Crippen molar-refractivity contribution in [2.75, 3.05) is 9.80 Å². The number of aromatic nitrogens is 8. The van der Waals surface area contributed by atoms with Gasteiger partial charge in [-0.2, -0.15) is 0 Å². The lowest BCUT2D eigenvalue weighted by Gasteiger charge is -2.28. The Balaban J connectivity index is 0.738. The van der Waals surface area contributed by atoms with Crippen molar-refractivity contribution in [1.82, 2.24) is 36.5 Å². The summed E-state index contributed by atoms with van der Waals surface area (Å²) in [4.78, 5) is 75.1. The Morgan fingerprint density at radius 2 is 0.212 bits per heavy atom. The number of para-hydroxylation sites is 16.